The van der Waals surface area contributed by atoms with Gasteiger partial charge in [-0.05, 0) is 47.3 Å². The average molecular weight is 378 g/mol. The summed E-state index contributed by atoms with van der Waals surface area (Å²) in [4.78, 5) is 0. The molecule has 3 unspecified atom stereocenters. The van der Waals surface area contributed by atoms with Gasteiger partial charge in [0.25, 0.3) is 0 Å². The molecule has 1 rings (SSSR count). The first-order valence-corrected chi connectivity index (χ1v) is 9.62. The first-order valence-electron chi connectivity index (χ1n) is 8.38. The Morgan fingerprint density at radius 2 is 1.32 bits per heavy atom. The summed E-state index contributed by atoms with van der Waals surface area (Å²) in [5.74, 6) is 7.04. The van der Waals surface area contributed by atoms with Crippen LogP contribution in [0, 0.1) is 47.3 Å². The predicted octanol–water partition coefficient (Wildman–Crippen LogP) is 6.28. The van der Waals surface area contributed by atoms with Crippen LogP contribution in [0.2, 0.25) is 0 Å². The third-order valence-corrected chi connectivity index (χ3v) is 8.69. The van der Waals surface area contributed by atoms with Crippen molar-refractivity contribution in [2.24, 2.45) is 47.3 Å². The highest BCUT2D eigenvalue weighted by Gasteiger charge is 2.48. The lowest BCUT2D eigenvalue weighted by Gasteiger charge is -2.34. The molecule has 1 aliphatic carbocycles. The number of halogens is 1. The van der Waals surface area contributed by atoms with Gasteiger partial charge in [-0.25, -0.2) is 0 Å². The fraction of sp³-hybridized carbons (Fsp3) is 1.00. The molecule has 1 aliphatic rings. The molecule has 0 saturated heterocycles. The van der Waals surface area contributed by atoms with Crippen LogP contribution in [-0.2, 0) is 0 Å². The van der Waals surface area contributed by atoms with Crippen molar-refractivity contribution in [1.29, 1.82) is 0 Å². The topological polar surface area (TPSA) is 0 Å². The van der Waals surface area contributed by atoms with Crippen molar-refractivity contribution in [2.45, 2.75) is 65.7 Å². The minimum Gasteiger partial charge on any atom is -0.0820 e. The van der Waals surface area contributed by atoms with Crippen LogP contribution < -0.4 is 0 Å². The molecule has 1 heteroatoms. The number of hydrogen-bond acceptors (Lipinski definition) is 0. The highest BCUT2D eigenvalue weighted by atomic mass is 127. The van der Waals surface area contributed by atoms with Crippen LogP contribution in [-0.4, -0.2) is 3.92 Å². The van der Waals surface area contributed by atoms with Gasteiger partial charge in [-0.15, -0.1) is 0 Å². The minimum absolute atomic E-state index is 0.829. The van der Waals surface area contributed by atoms with E-state index < -0.39 is 0 Å². The number of rotatable bonds is 5. The molecule has 0 heterocycles. The fourth-order valence-electron chi connectivity index (χ4n) is 5.04. The summed E-state index contributed by atoms with van der Waals surface area (Å²) in [6.07, 6.45) is 1.32. The van der Waals surface area contributed by atoms with Gasteiger partial charge < -0.3 is 0 Å². The number of hydrogen-bond donors (Lipinski definition) is 0. The second kappa shape index (κ2) is 7.13. The average Bonchev–Trinajstić information content (AvgIpc) is 2.57. The molecule has 8 atom stereocenters. The van der Waals surface area contributed by atoms with Gasteiger partial charge >= 0.3 is 0 Å². The number of alkyl halides is 1. The Morgan fingerprint density at radius 3 is 1.68 bits per heavy atom. The molecular formula is C18H35I. The van der Waals surface area contributed by atoms with Crippen molar-refractivity contribution >= 4 is 22.6 Å². The van der Waals surface area contributed by atoms with Crippen molar-refractivity contribution < 1.29 is 0 Å². The Bertz CT molecular complexity index is 273. The molecule has 0 spiro atoms. The van der Waals surface area contributed by atoms with Gasteiger partial charge in [-0.2, -0.15) is 0 Å². The van der Waals surface area contributed by atoms with Gasteiger partial charge in [0.15, 0.2) is 0 Å². The van der Waals surface area contributed by atoms with Crippen molar-refractivity contribution in [3.63, 3.8) is 0 Å². The predicted molar refractivity (Wildman–Crippen MR) is 95.7 cm³/mol. The Hall–Kier alpha value is 0.730. The van der Waals surface area contributed by atoms with Gasteiger partial charge in [0.1, 0.15) is 0 Å². The standard InChI is InChI=1S/C18H35I/c1-9-11(4)18(19)15(8)17-13(6)12(5)16(10(2)3)14(17)7/h10-18H,9H2,1-8H3/t11-,12-,13+,14?,15-,16?,17?,18-/m0/s1. The second-order valence-electron chi connectivity index (χ2n) is 7.67. The lowest BCUT2D eigenvalue weighted by Crippen LogP contribution is -2.31. The zero-order valence-corrected chi connectivity index (χ0v) is 16.4. The van der Waals surface area contributed by atoms with Gasteiger partial charge in [0.05, 0.1) is 0 Å². The van der Waals surface area contributed by atoms with E-state index >= 15 is 0 Å². The minimum atomic E-state index is 0.829. The molecule has 0 nitrogen and oxygen atoms in total. The first-order chi connectivity index (χ1) is 8.73. The van der Waals surface area contributed by atoms with E-state index in [2.05, 4.69) is 78.0 Å². The highest BCUT2D eigenvalue weighted by Crippen LogP contribution is 2.53. The van der Waals surface area contributed by atoms with Crippen molar-refractivity contribution in [3.05, 3.63) is 0 Å². The summed E-state index contributed by atoms with van der Waals surface area (Å²) in [7, 11) is 0. The van der Waals surface area contributed by atoms with Crippen molar-refractivity contribution in [2.75, 3.05) is 0 Å². The Kier molecular flexibility index (Phi) is 6.68. The van der Waals surface area contributed by atoms with E-state index in [0.717, 1.165) is 51.3 Å². The van der Waals surface area contributed by atoms with Crippen LogP contribution in [0.4, 0.5) is 0 Å². The normalized spacial score (nSPS) is 40.4. The second-order valence-corrected chi connectivity index (χ2v) is 9.10. The summed E-state index contributed by atoms with van der Waals surface area (Å²) >= 11 is 2.73. The third-order valence-electron chi connectivity index (χ3n) is 6.32. The van der Waals surface area contributed by atoms with E-state index in [-0.39, 0.29) is 0 Å². The maximum Gasteiger partial charge on any atom is 0.0164 e. The molecule has 1 fully saturated rings. The van der Waals surface area contributed by atoms with Crippen LogP contribution >= 0.6 is 22.6 Å². The zero-order chi connectivity index (χ0) is 14.9. The molecule has 0 aromatic carbocycles. The van der Waals surface area contributed by atoms with Crippen LogP contribution in [0.15, 0.2) is 0 Å². The SMILES string of the molecule is CC[C@H](C)[C@H](I)[C@@H](C)C1C(C)C(C(C)C)[C@@H](C)[C@H]1C. The maximum atomic E-state index is 2.73. The lowest BCUT2D eigenvalue weighted by molar-refractivity contribution is 0.191. The molecule has 0 amide bonds. The Morgan fingerprint density at radius 1 is 0.842 bits per heavy atom. The molecule has 0 aliphatic heterocycles. The van der Waals surface area contributed by atoms with E-state index in [0.29, 0.717) is 0 Å². The van der Waals surface area contributed by atoms with E-state index in [1.54, 1.807) is 0 Å². The first kappa shape index (κ1) is 17.8. The fourth-order valence-corrected chi connectivity index (χ4v) is 6.03. The molecule has 0 N–H and O–H groups in total. The quantitative estimate of drug-likeness (QED) is 0.390. The third kappa shape index (κ3) is 3.49. The molecule has 1 saturated carbocycles. The van der Waals surface area contributed by atoms with Crippen molar-refractivity contribution in [3.8, 4) is 0 Å². The molecule has 0 aromatic heterocycles. The van der Waals surface area contributed by atoms with E-state index in [4.69, 9.17) is 0 Å². The van der Waals surface area contributed by atoms with E-state index in [1.807, 2.05) is 0 Å². The Balaban J connectivity index is 2.88. The van der Waals surface area contributed by atoms with Crippen LogP contribution in [0.25, 0.3) is 0 Å². The largest absolute Gasteiger partial charge is 0.0820 e. The summed E-state index contributed by atoms with van der Waals surface area (Å²) < 4.78 is 0.829. The van der Waals surface area contributed by atoms with Gasteiger partial charge in [0.2, 0.25) is 0 Å². The van der Waals surface area contributed by atoms with Crippen molar-refractivity contribution in [1.82, 2.24) is 0 Å². The monoisotopic (exact) mass is 378 g/mol. The lowest BCUT2D eigenvalue weighted by atomic mass is 9.75. The van der Waals surface area contributed by atoms with Crippen LogP contribution in [0.5, 0.6) is 0 Å². The van der Waals surface area contributed by atoms with E-state index in [1.165, 1.54) is 6.42 Å². The summed E-state index contributed by atoms with van der Waals surface area (Å²) in [6, 6.07) is 0. The summed E-state index contributed by atoms with van der Waals surface area (Å²) in [6.45, 7) is 19.7. The molecule has 19 heavy (non-hydrogen) atoms. The smallest absolute Gasteiger partial charge is 0.0164 e. The Labute approximate surface area is 135 Å². The highest BCUT2D eigenvalue weighted by molar-refractivity contribution is 14.1. The molecule has 0 aromatic rings. The van der Waals surface area contributed by atoms with Gasteiger partial charge in [-0.3, -0.25) is 0 Å². The van der Waals surface area contributed by atoms with Crippen LogP contribution in [0.1, 0.15) is 61.8 Å². The zero-order valence-electron chi connectivity index (χ0n) is 14.3. The van der Waals surface area contributed by atoms with Gasteiger partial charge in [0, 0.05) is 3.92 Å². The van der Waals surface area contributed by atoms with E-state index in [9.17, 15) is 0 Å². The molecule has 114 valence electrons. The summed E-state index contributed by atoms with van der Waals surface area (Å²) in [5.41, 5.74) is 0. The molecule has 0 bridgehead atoms. The van der Waals surface area contributed by atoms with Gasteiger partial charge in [-0.1, -0.05) is 84.4 Å². The molecule has 0 radical (unpaired) electrons. The van der Waals surface area contributed by atoms with Crippen LogP contribution in [0.3, 0.4) is 0 Å². The summed E-state index contributed by atoms with van der Waals surface area (Å²) in [5, 5.41) is 0. The molecular weight excluding hydrogens is 343 g/mol. The maximum absolute atomic E-state index is 2.73.